The number of hydrogen-bond donors (Lipinski definition) is 1. The number of nitrogens with zero attached hydrogens (tertiary/aromatic N) is 1. The molecule has 37 heavy (non-hydrogen) atoms. The number of thioether (sulfide) groups is 1. The van der Waals surface area contributed by atoms with Crippen LogP contribution in [0.4, 0.5) is 4.39 Å². The zero-order valence-corrected chi connectivity index (χ0v) is 22.3. The zero-order valence-electron chi connectivity index (χ0n) is 20.7. The smallest absolute Gasteiger partial charge is 0.243 e. The van der Waals surface area contributed by atoms with Gasteiger partial charge in [-0.25, -0.2) is 4.39 Å². The van der Waals surface area contributed by atoms with Crippen molar-refractivity contribution in [3.63, 3.8) is 0 Å². The van der Waals surface area contributed by atoms with Gasteiger partial charge in [0, 0.05) is 35.3 Å². The zero-order chi connectivity index (χ0) is 26.0. The summed E-state index contributed by atoms with van der Waals surface area (Å²) in [5, 5.41) is 3.83. The molecule has 1 aliphatic rings. The molecule has 0 spiro atoms. The summed E-state index contributed by atoms with van der Waals surface area (Å²) >= 11 is 7.73. The standard InChI is InChI=1S/C30H32ClFN2O2S/c31-26-16-8-4-13-24(26)20-37-21-29(35)34(19-23-12-5-9-17-27(23)32)28(18-22-10-2-1-3-11-22)30(36)33-25-14-6-7-15-25/h1-5,8-13,16-17,25,28H,6-7,14-15,18-21H2,(H,33,36)/t28-/m1/s1. The predicted octanol–water partition coefficient (Wildman–Crippen LogP) is 6.41. The fraction of sp³-hybridized carbons (Fsp3) is 0.333. The van der Waals surface area contributed by atoms with Crippen molar-refractivity contribution in [1.29, 1.82) is 0 Å². The van der Waals surface area contributed by atoms with Crippen LogP contribution in [0.15, 0.2) is 78.9 Å². The van der Waals surface area contributed by atoms with Crippen LogP contribution in [-0.2, 0) is 28.3 Å². The highest BCUT2D eigenvalue weighted by molar-refractivity contribution is 7.99. The summed E-state index contributed by atoms with van der Waals surface area (Å²) in [6.07, 6.45) is 4.42. The first-order valence-electron chi connectivity index (χ1n) is 12.7. The molecule has 1 N–H and O–H groups in total. The van der Waals surface area contributed by atoms with Gasteiger partial charge in [-0.05, 0) is 36.1 Å². The molecule has 194 valence electrons. The molecule has 0 saturated heterocycles. The maximum atomic E-state index is 14.7. The van der Waals surface area contributed by atoms with Gasteiger partial charge in [0.25, 0.3) is 0 Å². The summed E-state index contributed by atoms with van der Waals surface area (Å²) in [5.74, 6) is -0.0591. The molecule has 2 amide bonds. The molecule has 0 bridgehead atoms. The van der Waals surface area contributed by atoms with Gasteiger partial charge in [0.2, 0.25) is 11.8 Å². The van der Waals surface area contributed by atoms with E-state index in [0.717, 1.165) is 36.8 Å². The Morgan fingerprint density at radius 1 is 0.946 bits per heavy atom. The van der Waals surface area contributed by atoms with E-state index in [1.807, 2.05) is 54.6 Å². The molecular weight excluding hydrogens is 507 g/mol. The van der Waals surface area contributed by atoms with Gasteiger partial charge in [-0.15, -0.1) is 11.8 Å². The number of hydrogen-bond acceptors (Lipinski definition) is 3. The van der Waals surface area contributed by atoms with Gasteiger partial charge in [-0.3, -0.25) is 9.59 Å². The molecule has 4 nitrogen and oxygen atoms in total. The molecule has 0 unspecified atom stereocenters. The minimum Gasteiger partial charge on any atom is -0.352 e. The number of amides is 2. The normalized spacial score (nSPS) is 14.3. The van der Waals surface area contributed by atoms with Crippen LogP contribution in [-0.4, -0.2) is 34.6 Å². The van der Waals surface area contributed by atoms with Gasteiger partial charge in [0.15, 0.2) is 0 Å². The van der Waals surface area contributed by atoms with E-state index in [2.05, 4.69) is 5.32 Å². The van der Waals surface area contributed by atoms with E-state index in [1.165, 1.54) is 17.8 Å². The third kappa shape index (κ3) is 7.83. The molecule has 1 saturated carbocycles. The average Bonchev–Trinajstić information content (AvgIpc) is 3.42. The molecule has 0 heterocycles. The van der Waals surface area contributed by atoms with E-state index in [-0.39, 0.29) is 30.2 Å². The fourth-order valence-corrected chi connectivity index (χ4v) is 5.87. The lowest BCUT2D eigenvalue weighted by molar-refractivity contribution is -0.139. The second-order valence-corrected chi connectivity index (χ2v) is 10.8. The third-order valence-corrected chi connectivity index (χ3v) is 8.05. The molecule has 7 heteroatoms. The molecule has 3 aromatic rings. The van der Waals surface area contributed by atoms with Crippen LogP contribution >= 0.6 is 23.4 Å². The van der Waals surface area contributed by atoms with Gasteiger partial charge >= 0.3 is 0 Å². The lowest BCUT2D eigenvalue weighted by atomic mass is 10.0. The van der Waals surface area contributed by atoms with Crippen molar-refractivity contribution in [2.75, 3.05) is 5.75 Å². The second-order valence-electron chi connectivity index (χ2n) is 9.39. The summed E-state index contributed by atoms with van der Waals surface area (Å²) in [4.78, 5) is 28.9. The minimum absolute atomic E-state index is 0.0216. The molecule has 1 aliphatic carbocycles. The van der Waals surface area contributed by atoms with Crippen molar-refractivity contribution in [2.24, 2.45) is 0 Å². The quantitative estimate of drug-likeness (QED) is 0.307. The van der Waals surface area contributed by atoms with Crippen LogP contribution in [0.1, 0.15) is 42.4 Å². The number of nitrogens with one attached hydrogen (secondary N) is 1. The Kier molecular flexibility index (Phi) is 10.0. The largest absolute Gasteiger partial charge is 0.352 e. The van der Waals surface area contributed by atoms with E-state index >= 15 is 0 Å². The van der Waals surface area contributed by atoms with E-state index in [1.54, 1.807) is 23.1 Å². The lowest BCUT2D eigenvalue weighted by Gasteiger charge is -2.32. The number of halogens is 2. The number of rotatable bonds is 11. The van der Waals surface area contributed by atoms with E-state index in [4.69, 9.17) is 11.6 Å². The Morgan fingerprint density at radius 2 is 1.59 bits per heavy atom. The average molecular weight is 539 g/mol. The van der Waals surface area contributed by atoms with Gasteiger partial charge in [-0.2, -0.15) is 0 Å². The summed E-state index contributed by atoms with van der Waals surface area (Å²) in [6.45, 7) is 0.0216. The first kappa shape index (κ1) is 27.2. The van der Waals surface area contributed by atoms with Gasteiger partial charge < -0.3 is 10.2 Å². The van der Waals surface area contributed by atoms with E-state index in [9.17, 15) is 14.0 Å². The maximum Gasteiger partial charge on any atom is 0.243 e. The Morgan fingerprint density at radius 3 is 2.30 bits per heavy atom. The molecule has 0 aliphatic heterocycles. The van der Waals surface area contributed by atoms with E-state index in [0.29, 0.717) is 22.8 Å². The van der Waals surface area contributed by atoms with Crippen LogP contribution in [0.5, 0.6) is 0 Å². The number of benzene rings is 3. The second kappa shape index (κ2) is 13.6. The molecule has 0 radical (unpaired) electrons. The van der Waals surface area contributed by atoms with Crippen LogP contribution in [0, 0.1) is 5.82 Å². The van der Waals surface area contributed by atoms with Crippen LogP contribution < -0.4 is 5.32 Å². The highest BCUT2D eigenvalue weighted by Gasteiger charge is 2.32. The summed E-state index contributed by atoms with van der Waals surface area (Å²) in [5.41, 5.74) is 2.28. The molecule has 1 fully saturated rings. The van der Waals surface area contributed by atoms with Crippen LogP contribution in [0.25, 0.3) is 0 Å². The first-order valence-corrected chi connectivity index (χ1v) is 14.2. The van der Waals surface area contributed by atoms with Crippen molar-refractivity contribution in [3.05, 3.63) is 106 Å². The lowest BCUT2D eigenvalue weighted by Crippen LogP contribution is -2.52. The fourth-order valence-electron chi connectivity index (χ4n) is 4.68. The number of carbonyl (C=O) groups is 2. The highest BCUT2D eigenvalue weighted by atomic mass is 35.5. The van der Waals surface area contributed by atoms with Crippen molar-refractivity contribution in [3.8, 4) is 0 Å². The molecule has 0 aromatic heterocycles. The maximum absolute atomic E-state index is 14.7. The van der Waals surface area contributed by atoms with Crippen molar-refractivity contribution >= 4 is 35.2 Å². The molecule has 1 atom stereocenters. The topological polar surface area (TPSA) is 49.4 Å². The molecule has 3 aromatic carbocycles. The Bertz CT molecular complexity index is 1190. The highest BCUT2D eigenvalue weighted by Crippen LogP contribution is 2.24. The van der Waals surface area contributed by atoms with E-state index < -0.39 is 11.9 Å². The summed E-state index contributed by atoms with van der Waals surface area (Å²) in [6, 6.07) is 23.0. The van der Waals surface area contributed by atoms with Crippen molar-refractivity contribution < 1.29 is 14.0 Å². The summed E-state index contributed by atoms with van der Waals surface area (Å²) in [7, 11) is 0. The third-order valence-electron chi connectivity index (χ3n) is 6.71. The Balaban J connectivity index is 1.58. The van der Waals surface area contributed by atoms with Gasteiger partial charge in [-0.1, -0.05) is 91.2 Å². The van der Waals surface area contributed by atoms with Crippen molar-refractivity contribution in [2.45, 2.75) is 56.5 Å². The first-order chi connectivity index (χ1) is 18.0. The van der Waals surface area contributed by atoms with Crippen LogP contribution in [0.3, 0.4) is 0 Å². The monoisotopic (exact) mass is 538 g/mol. The van der Waals surface area contributed by atoms with Gasteiger partial charge in [0.05, 0.1) is 5.75 Å². The minimum atomic E-state index is -0.754. The predicted molar refractivity (Wildman–Crippen MR) is 149 cm³/mol. The van der Waals surface area contributed by atoms with Crippen molar-refractivity contribution in [1.82, 2.24) is 10.2 Å². The van der Waals surface area contributed by atoms with Crippen LogP contribution in [0.2, 0.25) is 5.02 Å². The SMILES string of the molecule is O=C(NC1CCCC1)[C@@H](Cc1ccccc1)N(Cc1ccccc1F)C(=O)CSCc1ccccc1Cl. The number of carbonyl (C=O) groups excluding carboxylic acids is 2. The molecular formula is C30H32ClFN2O2S. The van der Waals surface area contributed by atoms with Gasteiger partial charge in [0.1, 0.15) is 11.9 Å². The molecule has 4 rings (SSSR count). The Hall–Kier alpha value is -2.83. The Labute approximate surface area is 227 Å². The summed E-state index contributed by atoms with van der Waals surface area (Å²) < 4.78 is 14.7.